The van der Waals surface area contributed by atoms with Gasteiger partial charge in [0.2, 0.25) is 0 Å². The van der Waals surface area contributed by atoms with Gasteiger partial charge in [-0.1, -0.05) is 12.1 Å². The number of amidine groups is 1. The summed E-state index contributed by atoms with van der Waals surface area (Å²) in [5, 5.41) is 4.66. The zero-order valence-electron chi connectivity index (χ0n) is 19.9. The van der Waals surface area contributed by atoms with Crippen LogP contribution in [0, 0.1) is 5.82 Å². The van der Waals surface area contributed by atoms with Crippen LogP contribution in [0.2, 0.25) is 0 Å². The van der Waals surface area contributed by atoms with Crippen LogP contribution in [0.4, 0.5) is 10.1 Å². The minimum absolute atomic E-state index is 0.0226. The van der Waals surface area contributed by atoms with Crippen molar-refractivity contribution in [3.63, 3.8) is 0 Å². The number of hydrogen-bond donors (Lipinski definition) is 3. The number of nitrogens with zero attached hydrogens (tertiary/aromatic N) is 4. The van der Waals surface area contributed by atoms with Crippen LogP contribution >= 0.6 is 0 Å². The number of H-pyrrole nitrogens is 1. The number of fused-ring (bicyclic) bond motifs is 2. The van der Waals surface area contributed by atoms with Crippen LogP contribution in [-0.4, -0.2) is 44.8 Å². The number of benzene rings is 1. The van der Waals surface area contributed by atoms with Crippen LogP contribution in [0.5, 0.6) is 0 Å². The highest BCUT2D eigenvalue weighted by Crippen LogP contribution is 2.47. The first kappa shape index (κ1) is 21.6. The Kier molecular flexibility index (Phi) is 5.11. The summed E-state index contributed by atoms with van der Waals surface area (Å²) < 4.78 is 14.5. The second kappa shape index (κ2) is 8.50. The third kappa shape index (κ3) is 3.68. The molecule has 3 aromatic heterocycles. The van der Waals surface area contributed by atoms with E-state index in [-0.39, 0.29) is 18.0 Å². The second-order valence-corrected chi connectivity index (χ2v) is 10.1. The monoisotopic (exact) mass is 481 g/mol. The van der Waals surface area contributed by atoms with Crippen LogP contribution < -0.4 is 11.1 Å². The standard InChI is InChI=1S/C28H28FN7/c29-22-6-2-1-5-19(22)23-12-20-18(9-10-32-26(20)33-23)27-34-24-14-31-13-21(16-7-8-16)25(24)28(35-27)36-11-3-4-17(30)15-36/h1-2,5-6,9-10,12-14,16-17,28H,3-4,7-8,11,15,30H2,(H,32,33)(H,34,35). The fourth-order valence-corrected chi connectivity index (χ4v) is 5.68. The van der Waals surface area contributed by atoms with E-state index in [9.17, 15) is 4.39 Å². The molecule has 2 unspecified atom stereocenters. The van der Waals surface area contributed by atoms with Crippen molar-refractivity contribution in [3.05, 3.63) is 77.5 Å². The summed E-state index contributed by atoms with van der Waals surface area (Å²) in [6, 6.07) is 10.9. The van der Waals surface area contributed by atoms with Crippen molar-refractivity contribution in [1.29, 1.82) is 0 Å². The van der Waals surface area contributed by atoms with Gasteiger partial charge in [0.1, 0.15) is 23.5 Å². The minimum atomic E-state index is -0.271. The number of nitrogens with one attached hydrogen (secondary N) is 2. The average molecular weight is 482 g/mol. The number of halogens is 1. The predicted octanol–water partition coefficient (Wildman–Crippen LogP) is 4.74. The second-order valence-electron chi connectivity index (χ2n) is 10.1. The van der Waals surface area contributed by atoms with Crippen molar-refractivity contribution in [2.75, 3.05) is 13.1 Å². The summed E-state index contributed by atoms with van der Waals surface area (Å²) in [6.45, 7) is 1.82. The molecular formula is C28H28FN7. The molecule has 2 atom stereocenters. The molecule has 3 aliphatic rings. The quantitative estimate of drug-likeness (QED) is 0.391. The molecule has 0 spiro atoms. The van der Waals surface area contributed by atoms with E-state index in [2.05, 4.69) is 25.2 Å². The van der Waals surface area contributed by atoms with Gasteiger partial charge in [-0.25, -0.2) is 14.4 Å². The zero-order chi connectivity index (χ0) is 24.2. The number of aliphatic imine (C=N–C) groups is 1. The summed E-state index contributed by atoms with van der Waals surface area (Å²) in [5.74, 6) is 1.06. The minimum Gasteiger partial charge on any atom is -0.350 e. The normalized spacial score (nSPS) is 22.2. The predicted molar refractivity (Wildman–Crippen MR) is 139 cm³/mol. The molecule has 8 heteroatoms. The number of rotatable bonds is 4. The fourth-order valence-electron chi connectivity index (χ4n) is 5.68. The lowest BCUT2D eigenvalue weighted by atomic mass is 9.96. The summed E-state index contributed by atoms with van der Waals surface area (Å²) in [4.78, 5) is 19.9. The highest BCUT2D eigenvalue weighted by atomic mass is 19.1. The lowest BCUT2D eigenvalue weighted by Gasteiger charge is -2.41. The third-order valence-corrected chi connectivity index (χ3v) is 7.60. The van der Waals surface area contributed by atoms with Gasteiger partial charge in [-0.15, -0.1) is 0 Å². The van der Waals surface area contributed by atoms with E-state index in [4.69, 9.17) is 10.7 Å². The number of likely N-dealkylation sites (tertiary alicyclic amines) is 1. The number of nitrogens with two attached hydrogens (primary N) is 1. The Bertz CT molecular complexity index is 1490. The van der Waals surface area contributed by atoms with Gasteiger partial charge in [0, 0.05) is 53.6 Å². The molecule has 1 aliphatic carbocycles. The lowest BCUT2D eigenvalue weighted by molar-refractivity contribution is 0.138. The summed E-state index contributed by atoms with van der Waals surface area (Å²) in [5.41, 5.74) is 12.7. The summed E-state index contributed by atoms with van der Waals surface area (Å²) in [7, 11) is 0. The van der Waals surface area contributed by atoms with E-state index in [1.165, 1.54) is 30.0 Å². The first-order chi connectivity index (χ1) is 17.7. The molecule has 2 fully saturated rings. The molecule has 7 rings (SSSR count). The zero-order valence-corrected chi connectivity index (χ0v) is 19.9. The van der Waals surface area contributed by atoms with Gasteiger partial charge in [-0.05, 0) is 61.4 Å². The number of pyridine rings is 2. The highest BCUT2D eigenvalue weighted by Gasteiger charge is 2.37. The molecule has 0 bridgehead atoms. The molecule has 5 heterocycles. The van der Waals surface area contributed by atoms with Crippen molar-refractivity contribution in [1.82, 2.24) is 25.2 Å². The fraction of sp³-hybridized carbons (Fsp3) is 0.321. The van der Waals surface area contributed by atoms with Crippen LogP contribution in [-0.2, 0) is 0 Å². The summed E-state index contributed by atoms with van der Waals surface area (Å²) in [6.07, 6.45) is 10.2. The van der Waals surface area contributed by atoms with Crippen molar-refractivity contribution in [3.8, 4) is 11.3 Å². The smallest absolute Gasteiger partial charge is 0.138 e. The molecule has 182 valence electrons. The van der Waals surface area contributed by atoms with Crippen LogP contribution in [0.15, 0.2) is 60.0 Å². The van der Waals surface area contributed by atoms with Gasteiger partial charge in [0.05, 0.1) is 17.6 Å². The van der Waals surface area contributed by atoms with Gasteiger partial charge in [-0.3, -0.25) is 9.88 Å². The molecule has 7 nitrogen and oxygen atoms in total. The topological polar surface area (TPSA) is 95.2 Å². The Morgan fingerprint density at radius 1 is 1.06 bits per heavy atom. The molecule has 36 heavy (non-hydrogen) atoms. The largest absolute Gasteiger partial charge is 0.350 e. The molecular weight excluding hydrogens is 453 g/mol. The van der Waals surface area contributed by atoms with E-state index < -0.39 is 0 Å². The van der Waals surface area contributed by atoms with Gasteiger partial charge < -0.3 is 16.0 Å². The van der Waals surface area contributed by atoms with Crippen LogP contribution in [0.3, 0.4) is 0 Å². The van der Waals surface area contributed by atoms with Crippen molar-refractivity contribution < 1.29 is 4.39 Å². The molecule has 0 radical (unpaired) electrons. The Morgan fingerprint density at radius 2 is 1.94 bits per heavy atom. The van der Waals surface area contributed by atoms with Gasteiger partial charge >= 0.3 is 0 Å². The molecule has 2 aliphatic heterocycles. The van der Waals surface area contributed by atoms with Crippen molar-refractivity contribution in [2.45, 2.75) is 43.8 Å². The molecule has 0 amide bonds. The maximum Gasteiger partial charge on any atom is 0.138 e. The number of piperidine rings is 1. The van der Waals surface area contributed by atoms with Crippen molar-refractivity contribution in [2.24, 2.45) is 10.7 Å². The molecule has 4 N–H and O–H groups in total. The average Bonchev–Trinajstić information content (AvgIpc) is 3.65. The first-order valence-electron chi connectivity index (χ1n) is 12.7. The van der Waals surface area contributed by atoms with E-state index >= 15 is 0 Å². The maximum atomic E-state index is 14.5. The highest BCUT2D eigenvalue weighted by molar-refractivity contribution is 6.11. The van der Waals surface area contributed by atoms with E-state index in [1.54, 1.807) is 18.3 Å². The Hall–Kier alpha value is -3.62. The van der Waals surface area contributed by atoms with E-state index in [0.717, 1.165) is 48.4 Å². The van der Waals surface area contributed by atoms with Gasteiger partial charge in [0.15, 0.2) is 0 Å². The molecule has 1 saturated carbocycles. The third-order valence-electron chi connectivity index (χ3n) is 7.60. The SMILES string of the molecule is NC1CCCN(C2NC(c3ccnc4[nH]c(-c5ccccc5F)cc34)=Nc3cncc(C4CC4)c32)C1. The summed E-state index contributed by atoms with van der Waals surface area (Å²) >= 11 is 0. The van der Waals surface area contributed by atoms with Gasteiger partial charge in [-0.2, -0.15) is 0 Å². The maximum absolute atomic E-state index is 14.5. The Balaban J connectivity index is 1.36. The van der Waals surface area contributed by atoms with Crippen LogP contribution in [0.1, 0.15) is 54.5 Å². The number of aromatic amines is 1. The molecule has 1 aromatic carbocycles. The number of aromatic nitrogens is 3. The van der Waals surface area contributed by atoms with Crippen molar-refractivity contribution >= 4 is 22.6 Å². The van der Waals surface area contributed by atoms with E-state index in [1.807, 2.05) is 30.6 Å². The number of hydrogen-bond acceptors (Lipinski definition) is 6. The Labute approximate surface area is 208 Å². The molecule has 4 aromatic rings. The van der Waals surface area contributed by atoms with E-state index in [0.29, 0.717) is 22.8 Å². The lowest BCUT2D eigenvalue weighted by Crippen LogP contribution is -2.50. The molecule has 1 saturated heterocycles. The van der Waals surface area contributed by atoms with Crippen LogP contribution in [0.25, 0.3) is 22.3 Å². The van der Waals surface area contributed by atoms with Gasteiger partial charge in [0.25, 0.3) is 0 Å². The Morgan fingerprint density at radius 3 is 2.78 bits per heavy atom. The first-order valence-corrected chi connectivity index (χ1v) is 12.7.